The molecule has 102 valence electrons. The van der Waals surface area contributed by atoms with E-state index in [1.165, 1.54) is 17.7 Å². The van der Waals surface area contributed by atoms with Gasteiger partial charge in [0, 0.05) is 4.88 Å². The quantitative estimate of drug-likeness (QED) is 0.594. The van der Waals surface area contributed by atoms with Crippen LogP contribution in [0.25, 0.3) is 32.3 Å². The number of benzene rings is 1. The Hall–Kier alpha value is -2.80. The van der Waals surface area contributed by atoms with Crippen LogP contribution in [0.1, 0.15) is 0 Å². The molecule has 4 rings (SSSR count). The SMILES string of the molecule is O=c1[nH]c(-c2ncn[nH]2)nc2sc(-c3ccccc3)cc12. The van der Waals surface area contributed by atoms with E-state index in [-0.39, 0.29) is 5.56 Å². The van der Waals surface area contributed by atoms with Crippen LogP contribution in [0.3, 0.4) is 0 Å². The maximum Gasteiger partial charge on any atom is 0.260 e. The number of nitrogens with zero attached hydrogens (tertiary/aromatic N) is 3. The van der Waals surface area contributed by atoms with Crippen molar-refractivity contribution in [3.8, 4) is 22.1 Å². The Morgan fingerprint density at radius 1 is 1.10 bits per heavy atom. The van der Waals surface area contributed by atoms with Crippen LogP contribution < -0.4 is 5.56 Å². The van der Waals surface area contributed by atoms with Crippen molar-refractivity contribution in [3.63, 3.8) is 0 Å². The maximum absolute atomic E-state index is 12.2. The molecule has 6 nitrogen and oxygen atoms in total. The van der Waals surface area contributed by atoms with Gasteiger partial charge in [-0.05, 0) is 11.6 Å². The molecule has 0 aliphatic carbocycles. The number of thiophene rings is 1. The molecule has 0 radical (unpaired) electrons. The zero-order valence-electron chi connectivity index (χ0n) is 10.7. The van der Waals surface area contributed by atoms with Gasteiger partial charge in [0.1, 0.15) is 11.2 Å². The van der Waals surface area contributed by atoms with Crippen LogP contribution in [-0.2, 0) is 0 Å². The summed E-state index contributed by atoms with van der Waals surface area (Å²) < 4.78 is 0. The van der Waals surface area contributed by atoms with Crippen LogP contribution in [0.2, 0.25) is 0 Å². The fourth-order valence-corrected chi connectivity index (χ4v) is 3.15. The number of aromatic amines is 2. The Kier molecular flexibility index (Phi) is 2.65. The maximum atomic E-state index is 12.2. The number of rotatable bonds is 2. The molecule has 0 aliphatic rings. The molecule has 4 aromatic rings. The molecule has 7 heteroatoms. The van der Waals surface area contributed by atoms with E-state index in [2.05, 4.69) is 25.1 Å². The van der Waals surface area contributed by atoms with Gasteiger partial charge in [-0.25, -0.2) is 9.97 Å². The minimum atomic E-state index is -0.176. The Labute approximate surface area is 122 Å². The molecule has 0 saturated carbocycles. The van der Waals surface area contributed by atoms with Crippen molar-refractivity contribution in [2.45, 2.75) is 0 Å². The summed E-state index contributed by atoms with van der Waals surface area (Å²) in [5.41, 5.74) is 0.894. The van der Waals surface area contributed by atoms with Crippen molar-refractivity contribution >= 4 is 21.6 Å². The highest BCUT2D eigenvalue weighted by Gasteiger charge is 2.12. The smallest absolute Gasteiger partial charge is 0.260 e. The zero-order valence-corrected chi connectivity index (χ0v) is 11.5. The van der Waals surface area contributed by atoms with Crippen molar-refractivity contribution in [1.29, 1.82) is 0 Å². The lowest BCUT2D eigenvalue weighted by Crippen LogP contribution is -2.08. The molecule has 0 atom stereocenters. The van der Waals surface area contributed by atoms with Crippen molar-refractivity contribution in [1.82, 2.24) is 25.1 Å². The lowest BCUT2D eigenvalue weighted by atomic mass is 10.2. The Bertz CT molecular complexity index is 956. The molecule has 0 fully saturated rings. The second-order valence-corrected chi connectivity index (χ2v) is 5.47. The summed E-state index contributed by atoms with van der Waals surface area (Å²) in [6.45, 7) is 0. The molecular weight excluding hydrogens is 286 g/mol. The lowest BCUT2D eigenvalue weighted by Gasteiger charge is -1.94. The molecule has 0 aliphatic heterocycles. The number of hydrogen-bond acceptors (Lipinski definition) is 5. The van der Waals surface area contributed by atoms with Crippen LogP contribution in [0.4, 0.5) is 0 Å². The summed E-state index contributed by atoms with van der Waals surface area (Å²) >= 11 is 1.48. The summed E-state index contributed by atoms with van der Waals surface area (Å²) in [5.74, 6) is 0.843. The van der Waals surface area contributed by atoms with E-state index in [9.17, 15) is 4.79 Å². The van der Waals surface area contributed by atoms with Crippen LogP contribution in [0.15, 0.2) is 47.5 Å². The Balaban J connectivity index is 1.92. The second kappa shape index (κ2) is 4.64. The van der Waals surface area contributed by atoms with Crippen molar-refractivity contribution < 1.29 is 0 Å². The van der Waals surface area contributed by atoms with Gasteiger partial charge in [0.15, 0.2) is 11.6 Å². The van der Waals surface area contributed by atoms with Gasteiger partial charge in [-0.2, -0.15) is 5.10 Å². The Morgan fingerprint density at radius 3 is 2.71 bits per heavy atom. The van der Waals surface area contributed by atoms with Crippen molar-refractivity contribution in [2.24, 2.45) is 0 Å². The van der Waals surface area contributed by atoms with E-state index in [4.69, 9.17) is 0 Å². The third-order valence-electron chi connectivity index (χ3n) is 3.10. The van der Waals surface area contributed by atoms with Gasteiger partial charge in [0.25, 0.3) is 5.56 Å². The molecule has 21 heavy (non-hydrogen) atoms. The van der Waals surface area contributed by atoms with E-state index in [0.29, 0.717) is 21.9 Å². The first kappa shape index (κ1) is 12.0. The summed E-state index contributed by atoms with van der Waals surface area (Å²) in [4.78, 5) is 25.1. The van der Waals surface area contributed by atoms with Crippen molar-refractivity contribution in [2.75, 3.05) is 0 Å². The standard InChI is InChI=1S/C14H9N5OS/c20-13-9-6-10(8-4-2-1-3-5-8)21-14(9)18-12(17-13)11-15-7-16-19-11/h1-7H,(H,15,16,19)(H,17,18,20). The molecule has 3 aromatic heterocycles. The molecule has 1 aromatic carbocycles. The lowest BCUT2D eigenvalue weighted by molar-refractivity contribution is 1.06. The van der Waals surface area contributed by atoms with Crippen LogP contribution in [0, 0.1) is 0 Å². The van der Waals surface area contributed by atoms with Gasteiger partial charge in [0.2, 0.25) is 0 Å². The van der Waals surface area contributed by atoms with E-state index in [0.717, 1.165) is 10.4 Å². The molecule has 0 bridgehead atoms. The van der Waals surface area contributed by atoms with Gasteiger partial charge in [0.05, 0.1) is 5.39 Å². The summed E-state index contributed by atoms with van der Waals surface area (Å²) in [7, 11) is 0. The highest BCUT2D eigenvalue weighted by molar-refractivity contribution is 7.21. The molecule has 2 N–H and O–H groups in total. The van der Waals surface area contributed by atoms with Crippen LogP contribution in [0.5, 0.6) is 0 Å². The largest absolute Gasteiger partial charge is 0.303 e. The zero-order chi connectivity index (χ0) is 14.2. The number of nitrogens with one attached hydrogen (secondary N) is 2. The van der Waals surface area contributed by atoms with E-state index < -0.39 is 0 Å². The Morgan fingerprint density at radius 2 is 1.95 bits per heavy atom. The van der Waals surface area contributed by atoms with Gasteiger partial charge in [-0.15, -0.1) is 11.3 Å². The van der Waals surface area contributed by atoms with Crippen LogP contribution >= 0.6 is 11.3 Å². The summed E-state index contributed by atoms with van der Waals surface area (Å²) in [6, 6.07) is 11.8. The normalized spacial score (nSPS) is 11.0. The highest BCUT2D eigenvalue weighted by Crippen LogP contribution is 2.31. The molecule has 0 amide bonds. The van der Waals surface area contributed by atoms with E-state index in [1.807, 2.05) is 36.4 Å². The number of fused-ring (bicyclic) bond motifs is 1. The predicted octanol–water partition coefficient (Wildman–Crippen LogP) is 2.44. The van der Waals surface area contributed by atoms with E-state index in [1.54, 1.807) is 0 Å². The molecule has 0 unspecified atom stereocenters. The fourth-order valence-electron chi connectivity index (χ4n) is 2.11. The predicted molar refractivity (Wildman–Crippen MR) is 81.1 cm³/mol. The number of aromatic nitrogens is 5. The summed E-state index contributed by atoms with van der Waals surface area (Å²) in [6.07, 6.45) is 1.38. The number of hydrogen-bond donors (Lipinski definition) is 2. The van der Waals surface area contributed by atoms with Crippen LogP contribution in [-0.4, -0.2) is 25.1 Å². The van der Waals surface area contributed by atoms with Gasteiger partial charge < -0.3 is 4.98 Å². The summed E-state index contributed by atoms with van der Waals surface area (Å²) in [5, 5.41) is 7.05. The first-order chi connectivity index (χ1) is 10.3. The van der Waals surface area contributed by atoms with Gasteiger partial charge in [-0.3, -0.25) is 9.89 Å². The third kappa shape index (κ3) is 2.03. The average molecular weight is 295 g/mol. The minimum absolute atomic E-state index is 0.176. The van der Waals surface area contributed by atoms with Gasteiger partial charge >= 0.3 is 0 Å². The molecular formula is C14H9N5OS. The molecule has 0 spiro atoms. The average Bonchev–Trinajstić information content (AvgIpc) is 3.17. The second-order valence-electron chi connectivity index (χ2n) is 4.44. The highest BCUT2D eigenvalue weighted by atomic mass is 32.1. The fraction of sp³-hybridized carbons (Fsp3) is 0. The molecule has 3 heterocycles. The first-order valence-electron chi connectivity index (χ1n) is 6.26. The number of H-pyrrole nitrogens is 2. The van der Waals surface area contributed by atoms with Crippen molar-refractivity contribution in [3.05, 3.63) is 53.1 Å². The minimum Gasteiger partial charge on any atom is -0.303 e. The van der Waals surface area contributed by atoms with Gasteiger partial charge in [-0.1, -0.05) is 30.3 Å². The monoisotopic (exact) mass is 295 g/mol. The topological polar surface area (TPSA) is 87.3 Å². The molecule has 0 saturated heterocycles. The van der Waals surface area contributed by atoms with E-state index >= 15 is 0 Å². The first-order valence-corrected chi connectivity index (χ1v) is 7.08. The third-order valence-corrected chi connectivity index (χ3v) is 4.18.